The second kappa shape index (κ2) is 6.22. The monoisotopic (exact) mass is 294 g/mol. The summed E-state index contributed by atoms with van der Waals surface area (Å²) in [6, 6.07) is 9.68. The molecule has 20 heavy (non-hydrogen) atoms. The van der Waals surface area contributed by atoms with E-state index in [-0.39, 0.29) is 5.82 Å². The second-order valence-electron chi connectivity index (χ2n) is 4.52. The maximum absolute atomic E-state index is 14.0. The minimum atomic E-state index is -0.471. The fraction of sp³-hybridized carbons (Fsp3) is 0.200. The summed E-state index contributed by atoms with van der Waals surface area (Å²) in [6.07, 6.45) is 0. The third-order valence-corrected chi connectivity index (χ3v) is 3.45. The van der Waals surface area contributed by atoms with Crippen LogP contribution in [0.15, 0.2) is 36.4 Å². The normalized spacial score (nSPS) is 12.2. The van der Waals surface area contributed by atoms with E-state index < -0.39 is 6.04 Å². The van der Waals surface area contributed by atoms with E-state index in [1.807, 2.05) is 6.92 Å². The summed E-state index contributed by atoms with van der Waals surface area (Å²) < 4.78 is 19.2. The third kappa shape index (κ3) is 2.93. The third-order valence-electron chi connectivity index (χ3n) is 3.14. The van der Waals surface area contributed by atoms with Crippen molar-refractivity contribution in [2.45, 2.75) is 13.0 Å². The van der Waals surface area contributed by atoms with Crippen LogP contribution in [0.3, 0.4) is 0 Å². The second-order valence-corrected chi connectivity index (χ2v) is 4.93. The largest absolute Gasteiger partial charge is 0.495 e. The molecular formula is C15H16ClFN2O. The Morgan fingerprint density at radius 3 is 2.65 bits per heavy atom. The van der Waals surface area contributed by atoms with E-state index in [1.54, 1.807) is 30.3 Å². The molecule has 0 spiro atoms. The number of nitrogens with two attached hydrogens (primary N) is 1. The SMILES string of the molecule is COc1cc(C(NN)c2cc(C)ccc2F)ccc1Cl. The highest BCUT2D eigenvalue weighted by atomic mass is 35.5. The Hall–Kier alpha value is -1.62. The summed E-state index contributed by atoms with van der Waals surface area (Å²) in [5.41, 5.74) is 4.85. The highest BCUT2D eigenvalue weighted by molar-refractivity contribution is 6.32. The van der Waals surface area contributed by atoms with E-state index in [0.29, 0.717) is 16.3 Å². The molecule has 0 aromatic heterocycles. The molecule has 3 nitrogen and oxygen atoms in total. The van der Waals surface area contributed by atoms with Gasteiger partial charge < -0.3 is 4.74 Å². The zero-order valence-corrected chi connectivity index (χ0v) is 12.0. The maximum Gasteiger partial charge on any atom is 0.137 e. The van der Waals surface area contributed by atoms with Gasteiger partial charge in [0.05, 0.1) is 18.2 Å². The van der Waals surface area contributed by atoms with Crippen LogP contribution in [0.5, 0.6) is 5.75 Å². The van der Waals surface area contributed by atoms with E-state index in [2.05, 4.69) is 5.43 Å². The van der Waals surface area contributed by atoms with Crippen molar-refractivity contribution in [3.63, 3.8) is 0 Å². The van der Waals surface area contributed by atoms with Gasteiger partial charge >= 0.3 is 0 Å². The number of aryl methyl sites for hydroxylation is 1. The van der Waals surface area contributed by atoms with Crippen LogP contribution >= 0.6 is 11.6 Å². The van der Waals surface area contributed by atoms with E-state index in [0.717, 1.165) is 11.1 Å². The van der Waals surface area contributed by atoms with E-state index in [9.17, 15) is 4.39 Å². The van der Waals surface area contributed by atoms with Crippen LogP contribution in [0.25, 0.3) is 0 Å². The summed E-state index contributed by atoms with van der Waals surface area (Å²) in [5.74, 6) is 5.81. The molecule has 0 fully saturated rings. The predicted octanol–water partition coefficient (Wildman–Crippen LogP) is 3.35. The zero-order chi connectivity index (χ0) is 14.7. The lowest BCUT2D eigenvalue weighted by Crippen LogP contribution is -2.29. The van der Waals surface area contributed by atoms with Crippen LogP contribution < -0.4 is 16.0 Å². The van der Waals surface area contributed by atoms with Crippen molar-refractivity contribution < 1.29 is 9.13 Å². The van der Waals surface area contributed by atoms with Crippen LogP contribution in [0, 0.1) is 12.7 Å². The zero-order valence-electron chi connectivity index (χ0n) is 11.3. The molecule has 2 aromatic rings. The average molecular weight is 295 g/mol. The Balaban J connectivity index is 2.49. The Morgan fingerprint density at radius 2 is 2.00 bits per heavy atom. The first-order chi connectivity index (χ1) is 9.56. The molecule has 0 radical (unpaired) electrons. The van der Waals surface area contributed by atoms with E-state index in [4.69, 9.17) is 22.2 Å². The highest BCUT2D eigenvalue weighted by Crippen LogP contribution is 2.31. The smallest absolute Gasteiger partial charge is 0.137 e. The molecule has 0 bridgehead atoms. The Kier molecular flexibility index (Phi) is 4.60. The minimum absolute atomic E-state index is 0.313. The summed E-state index contributed by atoms with van der Waals surface area (Å²) in [4.78, 5) is 0. The fourth-order valence-electron chi connectivity index (χ4n) is 2.11. The number of hydrazine groups is 1. The number of benzene rings is 2. The van der Waals surface area contributed by atoms with Crippen molar-refractivity contribution in [1.82, 2.24) is 5.43 Å². The fourth-order valence-corrected chi connectivity index (χ4v) is 2.30. The molecule has 0 saturated heterocycles. The van der Waals surface area contributed by atoms with Crippen molar-refractivity contribution >= 4 is 11.6 Å². The number of ether oxygens (including phenoxy) is 1. The molecule has 1 unspecified atom stereocenters. The van der Waals surface area contributed by atoms with Gasteiger partial charge in [0, 0.05) is 5.56 Å². The van der Waals surface area contributed by atoms with Crippen LogP contribution in [0.1, 0.15) is 22.7 Å². The maximum atomic E-state index is 14.0. The van der Waals surface area contributed by atoms with E-state index in [1.165, 1.54) is 13.2 Å². The summed E-state index contributed by atoms with van der Waals surface area (Å²) in [7, 11) is 1.53. The number of halogens is 2. The standard InChI is InChI=1S/C15H16ClFN2O/c1-9-3-6-13(17)11(7-9)15(19-18)10-4-5-12(16)14(8-10)20-2/h3-8,15,19H,18H2,1-2H3. The van der Waals surface area contributed by atoms with Crippen molar-refractivity contribution in [2.24, 2.45) is 5.84 Å². The molecule has 3 N–H and O–H groups in total. The van der Waals surface area contributed by atoms with Gasteiger partial charge in [-0.15, -0.1) is 0 Å². The highest BCUT2D eigenvalue weighted by Gasteiger charge is 2.18. The Morgan fingerprint density at radius 1 is 1.25 bits per heavy atom. The van der Waals surface area contributed by atoms with Gasteiger partial charge in [0.1, 0.15) is 11.6 Å². The first-order valence-corrected chi connectivity index (χ1v) is 6.50. The molecule has 106 valence electrons. The number of rotatable bonds is 4. The summed E-state index contributed by atoms with van der Waals surface area (Å²) >= 11 is 6.00. The van der Waals surface area contributed by atoms with Gasteiger partial charge in [-0.05, 0) is 30.7 Å². The quantitative estimate of drug-likeness (QED) is 0.671. The molecule has 0 heterocycles. The topological polar surface area (TPSA) is 47.3 Å². The number of hydrogen-bond donors (Lipinski definition) is 2. The number of hydrogen-bond acceptors (Lipinski definition) is 3. The van der Waals surface area contributed by atoms with Crippen LogP contribution in [-0.4, -0.2) is 7.11 Å². The number of nitrogens with one attached hydrogen (secondary N) is 1. The van der Waals surface area contributed by atoms with Crippen molar-refractivity contribution in [1.29, 1.82) is 0 Å². The van der Waals surface area contributed by atoms with Crippen molar-refractivity contribution in [3.8, 4) is 5.75 Å². The molecule has 5 heteroatoms. The Labute approximate surface area is 122 Å². The lowest BCUT2D eigenvalue weighted by molar-refractivity contribution is 0.413. The average Bonchev–Trinajstić information content (AvgIpc) is 2.45. The van der Waals surface area contributed by atoms with Gasteiger partial charge in [0.25, 0.3) is 0 Å². The van der Waals surface area contributed by atoms with E-state index >= 15 is 0 Å². The van der Waals surface area contributed by atoms with Crippen molar-refractivity contribution in [3.05, 3.63) is 63.9 Å². The molecule has 0 saturated carbocycles. The lowest BCUT2D eigenvalue weighted by atomic mass is 9.97. The molecule has 0 aliphatic rings. The molecule has 2 aromatic carbocycles. The lowest BCUT2D eigenvalue weighted by Gasteiger charge is -2.19. The van der Waals surface area contributed by atoms with Crippen LogP contribution in [-0.2, 0) is 0 Å². The molecule has 0 aliphatic heterocycles. The van der Waals surface area contributed by atoms with Crippen LogP contribution in [0.4, 0.5) is 4.39 Å². The molecular weight excluding hydrogens is 279 g/mol. The molecule has 2 rings (SSSR count). The molecule has 0 amide bonds. The van der Waals surface area contributed by atoms with Gasteiger partial charge in [-0.1, -0.05) is 35.4 Å². The van der Waals surface area contributed by atoms with Gasteiger partial charge in [0.2, 0.25) is 0 Å². The first kappa shape index (κ1) is 14.8. The summed E-state index contributed by atoms with van der Waals surface area (Å²) in [5, 5.41) is 0.497. The summed E-state index contributed by atoms with van der Waals surface area (Å²) in [6.45, 7) is 1.90. The Bertz CT molecular complexity index is 619. The van der Waals surface area contributed by atoms with Gasteiger partial charge in [-0.25, -0.2) is 9.82 Å². The first-order valence-electron chi connectivity index (χ1n) is 6.12. The van der Waals surface area contributed by atoms with Gasteiger partial charge in [-0.3, -0.25) is 5.84 Å². The molecule has 1 atom stereocenters. The minimum Gasteiger partial charge on any atom is -0.495 e. The van der Waals surface area contributed by atoms with Crippen LogP contribution in [0.2, 0.25) is 5.02 Å². The van der Waals surface area contributed by atoms with Gasteiger partial charge in [0.15, 0.2) is 0 Å². The number of methoxy groups -OCH3 is 1. The van der Waals surface area contributed by atoms with Crippen molar-refractivity contribution in [2.75, 3.05) is 7.11 Å². The van der Waals surface area contributed by atoms with Gasteiger partial charge in [-0.2, -0.15) is 0 Å². The predicted molar refractivity (Wildman–Crippen MR) is 78.3 cm³/mol. The molecule has 0 aliphatic carbocycles.